The molecule has 2 heterocycles. The highest BCUT2D eigenvalue weighted by Gasteiger charge is 2.31. The van der Waals surface area contributed by atoms with Gasteiger partial charge < -0.3 is 15.3 Å². The maximum atomic E-state index is 11.7. The van der Waals surface area contributed by atoms with Crippen molar-refractivity contribution < 1.29 is 19.5 Å². The van der Waals surface area contributed by atoms with Gasteiger partial charge in [0.2, 0.25) is 6.10 Å². The molecule has 1 amide bonds. The third-order valence-electron chi connectivity index (χ3n) is 2.61. The van der Waals surface area contributed by atoms with Crippen molar-refractivity contribution in [1.82, 2.24) is 15.1 Å². The molecular weight excluding hydrogens is 252 g/mol. The summed E-state index contributed by atoms with van der Waals surface area (Å²) in [5, 5.41) is 18.8. The number of carboxylic acid groups (broad SMARTS) is 1. The Morgan fingerprint density at radius 2 is 2.42 bits per heavy atom. The van der Waals surface area contributed by atoms with Gasteiger partial charge in [-0.15, -0.1) is 0 Å². The fraction of sp³-hybridized carbons (Fsp3) is 0.455. The third kappa shape index (κ3) is 3.30. The van der Waals surface area contributed by atoms with Gasteiger partial charge in [-0.25, -0.2) is 4.79 Å². The number of rotatable bonds is 5. The standard InChI is InChI=1S/C11H14N4O4/c1-7-5-13-15(6-7)3-2-12-10(16)9-4-8(11(17)18)14-19-9/h5-6,9H,2-4H2,1H3,(H,12,16)(H,17,18). The van der Waals surface area contributed by atoms with Gasteiger partial charge in [0.15, 0.2) is 5.71 Å². The van der Waals surface area contributed by atoms with Crippen LogP contribution < -0.4 is 5.32 Å². The number of oxime groups is 1. The van der Waals surface area contributed by atoms with Crippen LogP contribution in [-0.4, -0.2) is 45.1 Å². The number of nitrogens with zero attached hydrogens (tertiary/aromatic N) is 3. The quantitative estimate of drug-likeness (QED) is 0.750. The van der Waals surface area contributed by atoms with Crippen molar-refractivity contribution in [1.29, 1.82) is 0 Å². The first-order valence-electron chi connectivity index (χ1n) is 5.79. The summed E-state index contributed by atoms with van der Waals surface area (Å²) in [4.78, 5) is 27.1. The van der Waals surface area contributed by atoms with E-state index in [0.717, 1.165) is 5.56 Å². The highest BCUT2D eigenvalue weighted by molar-refractivity contribution is 6.36. The maximum Gasteiger partial charge on any atom is 0.353 e. The largest absolute Gasteiger partial charge is 0.477 e. The van der Waals surface area contributed by atoms with Gasteiger partial charge in [-0.2, -0.15) is 5.10 Å². The predicted octanol–water partition coefficient (Wildman–Crippen LogP) is -0.463. The molecular formula is C11H14N4O4. The summed E-state index contributed by atoms with van der Waals surface area (Å²) < 4.78 is 1.71. The average molecular weight is 266 g/mol. The monoisotopic (exact) mass is 266 g/mol. The van der Waals surface area contributed by atoms with E-state index in [1.165, 1.54) is 0 Å². The summed E-state index contributed by atoms with van der Waals surface area (Å²) in [6.45, 7) is 2.86. The Bertz CT molecular complexity index is 523. The van der Waals surface area contributed by atoms with Crippen LogP contribution in [0.25, 0.3) is 0 Å². The number of nitrogens with one attached hydrogen (secondary N) is 1. The van der Waals surface area contributed by atoms with Crippen LogP contribution in [0.5, 0.6) is 0 Å². The van der Waals surface area contributed by atoms with E-state index in [1.54, 1.807) is 10.9 Å². The summed E-state index contributed by atoms with van der Waals surface area (Å²) in [5.41, 5.74) is 0.910. The topological polar surface area (TPSA) is 106 Å². The number of aromatic nitrogens is 2. The van der Waals surface area contributed by atoms with Crippen LogP contribution in [0.15, 0.2) is 17.5 Å². The van der Waals surface area contributed by atoms with Crippen molar-refractivity contribution in [2.24, 2.45) is 5.16 Å². The molecule has 0 aliphatic carbocycles. The second kappa shape index (κ2) is 5.51. The van der Waals surface area contributed by atoms with Crippen molar-refractivity contribution in [2.75, 3.05) is 6.54 Å². The Kier molecular flexibility index (Phi) is 3.79. The molecule has 1 unspecified atom stereocenters. The van der Waals surface area contributed by atoms with Crippen LogP contribution in [0, 0.1) is 6.92 Å². The first kappa shape index (κ1) is 13.1. The Morgan fingerprint density at radius 3 is 3.00 bits per heavy atom. The van der Waals surface area contributed by atoms with Gasteiger partial charge in [-0.1, -0.05) is 5.16 Å². The minimum atomic E-state index is -1.16. The van der Waals surface area contributed by atoms with Crippen LogP contribution in [0.3, 0.4) is 0 Å². The van der Waals surface area contributed by atoms with Crippen LogP contribution in [0.4, 0.5) is 0 Å². The van der Waals surface area contributed by atoms with Gasteiger partial charge in [-0.05, 0) is 12.5 Å². The number of carbonyl (C=O) groups excluding carboxylic acids is 1. The van der Waals surface area contributed by atoms with E-state index < -0.39 is 12.1 Å². The van der Waals surface area contributed by atoms with Gasteiger partial charge in [0, 0.05) is 19.2 Å². The molecule has 0 saturated carbocycles. The molecule has 0 spiro atoms. The molecule has 8 nitrogen and oxygen atoms in total. The highest BCUT2D eigenvalue weighted by atomic mass is 16.6. The number of hydrogen-bond donors (Lipinski definition) is 2. The zero-order valence-corrected chi connectivity index (χ0v) is 10.4. The van der Waals surface area contributed by atoms with E-state index >= 15 is 0 Å². The van der Waals surface area contributed by atoms with Crippen molar-refractivity contribution >= 4 is 17.6 Å². The molecule has 0 saturated heterocycles. The minimum Gasteiger partial charge on any atom is -0.477 e. The molecule has 19 heavy (non-hydrogen) atoms. The van der Waals surface area contributed by atoms with Crippen molar-refractivity contribution in [2.45, 2.75) is 26.0 Å². The van der Waals surface area contributed by atoms with Crippen molar-refractivity contribution in [3.8, 4) is 0 Å². The third-order valence-corrected chi connectivity index (χ3v) is 2.61. The van der Waals surface area contributed by atoms with Crippen molar-refractivity contribution in [3.63, 3.8) is 0 Å². The van der Waals surface area contributed by atoms with E-state index in [4.69, 9.17) is 9.94 Å². The molecule has 0 aromatic carbocycles. The molecule has 2 N–H and O–H groups in total. The fourth-order valence-corrected chi connectivity index (χ4v) is 1.64. The van der Waals surface area contributed by atoms with E-state index in [9.17, 15) is 9.59 Å². The number of aryl methyl sites for hydroxylation is 1. The molecule has 2 rings (SSSR count). The number of amides is 1. The molecule has 1 atom stereocenters. The number of carboxylic acids is 1. The Balaban J connectivity index is 1.73. The first-order valence-corrected chi connectivity index (χ1v) is 5.79. The zero-order valence-electron chi connectivity index (χ0n) is 10.4. The van der Waals surface area contributed by atoms with E-state index in [0.29, 0.717) is 13.1 Å². The number of carbonyl (C=O) groups is 2. The van der Waals surface area contributed by atoms with Crippen LogP contribution in [0.1, 0.15) is 12.0 Å². The minimum absolute atomic E-state index is 0.0119. The lowest BCUT2D eigenvalue weighted by atomic mass is 10.2. The van der Waals surface area contributed by atoms with Gasteiger partial charge in [-0.3, -0.25) is 9.48 Å². The molecule has 1 aromatic heterocycles. The van der Waals surface area contributed by atoms with Crippen molar-refractivity contribution in [3.05, 3.63) is 18.0 Å². The molecule has 1 aliphatic heterocycles. The second-order valence-electron chi connectivity index (χ2n) is 4.21. The normalized spacial score (nSPS) is 17.7. The van der Waals surface area contributed by atoms with Crippen LogP contribution in [0.2, 0.25) is 0 Å². The van der Waals surface area contributed by atoms with E-state index in [1.807, 2.05) is 13.1 Å². The first-order chi connectivity index (χ1) is 9.06. The fourth-order valence-electron chi connectivity index (χ4n) is 1.64. The summed E-state index contributed by atoms with van der Waals surface area (Å²) in [7, 11) is 0. The lowest BCUT2D eigenvalue weighted by molar-refractivity contribution is -0.131. The Morgan fingerprint density at radius 1 is 1.63 bits per heavy atom. The molecule has 1 aliphatic rings. The molecule has 8 heteroatoms. The second-order valence-corrected chi connectivity index (χ2v) is 4.21. The number of hydrogen-bond acceptors (Lipinski definition) is 5. The summed E-state index contributed by atoms with van der Waals surface area (Å²) >= 11 is 0. The Hall–Kier alpha value is -2.38. The van der Waals surface area contributed by atoms with E-state index in [2.05, 4.69) is 15.6 Å². The summed E-state index contributed by atoms with van der Waals surface area (Å²) in [6, 6.07) is 0. The number of aliphatic carboxylic acids is 1. The predicted molar refractivity (Wildman–Crippen MR) is 64.5 cm³/mol. The maximum absolute atomic E-state index is 11.7. The zero-order chi connectivity index (χ0) is 13.8. The Labute approximate surface area is 109 Å². The molecule has 0 fully saturated rings. The van der Waals surface area contributed by atoms with Gasteiger partial charge in [0.25, 0.3) is 5.91 Å². The van der Waals surface area contributed by atoms with Crippen LogP contribution >= 0.6 is 0 Å². The van der Waals surface area contributed by atoms with Gasteiger partial charge >= 0.3 is 5.97 Å². The lowest BCUT2D eigenvalue weighted by Crippen LogP contribution is -2.37. The highest BCUT2D eigenvalue weighted by Crippen LogP contribution is 2.10. The molecule has 0 bridgehead atoms. The molecule has 0 radical (unpaired) electrons. The summed E-state index contributed by atoms with van der Waals surface area (Å²) in [5.74, 6) is -1.54. The summed E-state index contributed by atoms with van der Waals surface area (Å²) in [6.07, 6.45) is 2.73. The lowest BCUT2D eigenvalue weighted by Gasteiger charge is -2.09. The average Bonchev–Trinajstić information content (AvgIpc) is 2.98. The van der Waals surface area contributed by atoms with Gasteiger partial charge in [0.1, 0.15) is 0 Å². The SMILES string of the molecule is Cc1cnn(CCNC(=O)C2CC(C(=O)O)=NO2)c1. The molecule has 102 valence electrons. The van der Waals surface area contributed by atoms with Gasteiger partial charge in [0.05, 0.1) is 12.7 Å². The smallest absolute Gasteiger partial charge is 0.353 e. The van der Waals surface area contributed by atoms with Crippen LogP contribution in [-0.2, 0) is 21.0 Å². The van der Waals surface area contributed by atoms with E-state index in [-0.39, 0.29) is 18.0 Å². The molecule has 1 aromatic rings.